The maximum atomic E-state index is 5.82. The first-order valence-electron chi connectivity index (χ1n) is 6.84. The number of benzene rings is 1. The lowest BCUT2D eigenvalue weighted by atomic mass is 9.87. The summed E-state index contributed by atoms with van der Waals surface area (Å²) in [5, 5.41) is 0. The molecule has 0 aliphatic carbocycles. The maximum absolute atomic E-state index is 5.82. The van der Waals surface area contributed by atoms with Crippen molar-refractivity contribution in [2.24, 2.45) is 5.73 Å². The second-order valence-corrected chi connectivity index (χ2v) is 6.05. The van der Waals surface area contributed by atoms with Crippen LogP contribution < -0.4 is 10.5 Å². The molecule has 3 nitrogen and oxygen atoms in total. The molecule has 1 aromatic carbocycles. The Kier molecular flexibility index (Phi) is 4.09. The highest BCUT2D eigenvalue weighted by atomic mass is 16.5. The second-order valence-electron chi connectivity index (χ2n) is 6.05. The highest BCUT2D eigenvalue weighted by Crippen LogP contribution is 2.27. The summed E-state index contributed by atoms with van der Waals surface area (Å²) < 4.78 is 5.82. The molecule has 0 atom stereocenters. The van der Waals surface area contributed by atoms with E-state index in [4.69, 9.17) is 10.5 Å². The molecule has 3 heteroatoms. The van der Waals surface area contributed by atoms with Gasteiger partial charge in [0.05, 0.1) is 0 Å². The largest absolute Gasteiger partial charge is 0.439 e. The summed E-state index contributed by atoms with van der Waals surface area (Å²) in [6.45, 7) is 9.06. The van der Waals surface area contributed by atoms with Crippen molar-refractivity contribution in [1.29, 1.82) is 0 Å². The zero-order chi connectivity index (χ0) is 14.8. The van der Waals surface area contributed by atoms with Gasteiger partial charge in [-0.05, 0) is 41.7 Å². The zero-order valence-corrected chi connectivity index (χ0v) is 12.6. The van der Waals surface area contributed by atoms with E-state index in [0.717, 1.165) is 16.9 Å². The van der Waals surface area contributed by atoms with Crippen molar-refractivity contribution in [1.82, 2.24) is 4.98 Å². The minimum absolute atomic E-state index is 0.148. The molecule has 20 heavy (non-hydrogen) atoms. The predicted molar refractivity (Wildman–Crippen MR) is 82.1 cm³/mol. The maximum Gasteiger partial charge on any atom is 0.222 e. The Morgan fingerprint density at radius 1 is 1.15 bits per heavy atom. The van der Waals surface area contributed by atoms with E-state index >= 15 is 0 Å². The average molecular weight is 270 g/mol. The van der Waals surface area contributed by atoms with Gasteiger partial charge in [0.25, 0.3) is 0 Å². The van der Waals surface area contributed by atoms with E-state index in [9.17, 15) is 0 Å². The number of aromatic nitrogens is 1. The first-order valence-corrected chi connectivity index (χ1v) is 6.84. The van der Waals surface area contributed by atoms with Crippen LogP contribution in [0, 0.1) is 6.92 Å². The van der Waals surface area contributed by atoms with E-state index in [1.54, 1.807) is 6.20 Å². The molecule has 0 fully saturated rings. The minimum Gasteiger partial charge on any atom is -0.439 e. The molecule has 2 aromatic rings. The van der Waals surface area contributed by atoms with Crippen LogP contribution in [-0.2, 0) is 12.0 Å². The topological polar surface area (TPSA) is 48.1 Å². The van der Waals surface area contributed by atoms with Crippen molar-refractivity contribution in [2.45, 2.75) is 39.7 Å². The Hall–Kier alpha value is -1.87. The quantitative estimate of drug-likeness (QED) is 0.919. The molecule has 1 heterocycles. The van der Waals surface area contributed by atoms with Crippen molar-refractivity contribution in [3.05, 3.63) is 53.2 Å². The number of nitrogens with two attached hydrogens (primary N) is 1. The van der Waals surface area contributed by atoms with Gasteiger partial charge >= 0.3 is 0 Å². The zero-order valence-electron chi connectivity index (χ0n) is 12.6. The second kappa shape index (κ2) is 5.63. The van der Waals surface area contributed by atoms with Gasteiger partial charge < -0.3 is 10.5 Å². The van der Waals surface area contributed by atoms with Gasteiger partial charge in [0.15, 0.2) is 0 Å². The van der Waals surface area contributed by atoms with Gasteiger partial charge in [-0.2, -0.15) is 0 Å². The van der Waals surface area contributed by atoms with Crippen LogP contribution in [0.4, 0.5) is 0 Å². The van der Waals surface area contributed by atoms with E-state index in [1.165, 1.54) is 5.56 Å². The van der Waals surface area contributed by atoms with Gasteiger partial charge in [-0.1, -0.05) is 32.9 Å². The summed E-state index contributed by atoms with van der Waals surface area (Å²) in [7, 11) is 0. The van der Waals surface area contributed by atoms with Gasteiger partial charge in [0.2, 0.25) is 5.88 Å². The average Bonchev–Trinajstić information content (AvgIpc) is 2.40. The number of rotatable bonds is 3. The molecule has 0 spiro atoms. The van der Waals surface area contributed by atoms with Crippen LogP contribution in [-0.4, -0.2) is 4.98 Å². The summed E-state index contributed by atoms with van der Waals surface area (Å²) in [5.74, 6) is 1.43. The fraction of sp³-hybridized carbons (Fsp3) is 0.353. The van der Waals surface area contributed by atoms with Crippen LogP contribution in [0.15, 0.2) is 36.5 Å². The van der Waals surface area contributed by atoms with Gasteiger partial charge in [0.1, 0.15) is 5.75 Å². The molecule has 0 saturated carbocycles. The molecule has 0 bridgehead atoms. The molecular formula is C17H22N2O. The Morgan fingerprint density at radius 3 is 2.30 bits per heavy atom. The summed E-state index contributed by atoms with van der Waals surface area (Å²) in [4.78, 5) is 4.31. The molecule has 1 aromatic heterocycles. The smallest absolute Gasteiger partial charge is 0.222 e. The van der Waals surface area contributed by atoms with E-state index in [0.29, 0.717) is 12.4 Å². The standard InChI is InChI=1S/C17H22N2O/c1-12-9-13(10-18)11-19-16(12)20-15-7-5-14(6-8-15)17(2,3)4/h5-9,11H,10,18H2,1-4H3. The number of pyridine rings is 1. The summed E-state index contributed by atoms with van der Waals surface area (Å²) >= 11 is 0. The Labute approximate surface area is 120 Å². The first-order chi connectivity index (χ1) is 9.40. The third-order valence-corrected chi connectivity index (χ3v) is 3.26. The number of hydrogen-bond acceptors (Lipinski definition) is 3. The molecule has 0 unspecified atom stereocenters. The fourth-order valence-corrected chi connectivity index (χ4v) is 1.97. The fourth-order valence-electron chi connectivity index (χ4n) is 1.97. The molecule has 0 aliphatic rings. The summed E-state index contributed by atoms with van der Waals surface area (Å²) in [6, 6.07) is 10.2. The van der Waals surface area contributed by atoms with Crippen molar-refractivity contribution in [2.75, 3.05) is 0 Å². The highest BCUT2D eigenvalue weighted by Gasteiger charge is 2.13. The number of aryl methyl sites for hydroxylation is 1. The predicted octanol–water partition coefficient (Wildman–Crippen LogP) is 3.94. The molecular weight excluding hydrogens is 248 g/mol. The highest BCUT2D eigenvalue weighted by molar-refractivity contribution is 5.36. The number of nitrogens with zero attached hydrogens (tertiary/aromatic N) is 1. The van der Waals surface area contributed by atoms with Crippen LogP contribution in [0.1, 0.15) is 37.5 Å². The molecule has 0 saturated heterocycles. The minimum atomic E-state index is 0.148. The van der Waals surface area contributed by atoms with Gasteiger partial charge in [-0.3, -0.25) is 0 Å². The van der Waals surface area contributed by atoms with Crippen molar-refractivity contribution >= 4 is 0 Å². The number of hydrogen-bond donors (Lipinski definition) is 1. The molecule has 0 aliphatic heterocycles. The summed E-state index contributed by atoms with van der Waals surface area (Å²) in [5.41, 5.74) is 9.04. The van der Waals surface area contributed by atoms with Crippen LogP contribution in [0.3, 0.4) is 0 Å². The Morgan fingerprint density at radius 2 is 1.80 bits per heavy atom. The van der Waals surface area contributed by atoms with E-state index < -0.39 is 0 Å². The summed E-state index contributed by atoms with van der Waals surface area (Å²) in [6.07, 6.45) is 1.76. The van der Waals surface area contributed by atoms with Crippen LogP contribution in [0.2, 0.25) is 0 Å². The molecule has 106 valence electrons. The monoisotopic (exact) mass is 270 g/mol. The lowest BCUT2D eigenvalue weighted by molar-refractivity contribution is 0.457. The number of ether oxygens (including phenoxy) is 1. The van der Waals surface area contributed by atoms with Gasteiger partial charge in [-0.15, -0.1) is 0 Å². The lowest BCUT2D eigenvalue weighted by Crippen LogP contribution is -2.10. The van der Waals surface area contributed by atoms with Crippen molar-refractivity contribution in [3.63, 3.8) is 0 Å². The van der Waals surface area contributed by atoms with Crippen molar-refractivity contribution < 1.29 is 4.74 Å². The Bertz CT molecular complexity index is 583. The molecule has 0 amide bonds. The normalized spacial score (nSPS) is 11.4. The van der Waals surface area contributed by atoms with Gasteiger partial charge in [-0.25, -0.2) is 4.98 Å². The van der Waals surface area contributed by atoms with E-state index in [1.807, 2.05) is 25.1 Å². The molecule has 0 radical (unpaired) electrons. The third kappa shape index (κ3) is 3.36. The van der Waals surface area contributed by atoms with E-state index in [-0.39, 0.29) is 5.41 Å². The van der Waals surface area contributed by atoms with Crippen LogP contribution >= 0.6 is 0 Å². The molecule has 2 rings (SSSR count). The third-order valence-electron chi connectivity index (χ3n) is 3.26. The molecule has 2 N–H and O–H groups in total. The van der Waals surface area contributed by atoms with Crippen LogP contribution in [0.25, 0.3) is 0 Å². The van der Waals surface area contributed by atoms with Gasteiger partial charge in [0, 0.05) is 18.3 Å². The first kappa shape index (κ1) is 14.5. The SMILES string of the molecule is Cc1cc(CN)cnc1Oc1ccc(C(C)(C)C)cc1. The van der Waals surface area contributed by atoms with Crippen LogP contribution in [0.5, 0.6) is 11.6 Å². The van der Waals surface area contributed by atoms with E-state index in [2.05, 4.69) is 37.9 Å². The Balaban J connectivity index is 2.18. The van der Waals surface area contributed by atoms with Crippen molar-refractivity contribution in [3.8, 4) is 11.6 Å². The lowest BCUT2D eigenvalue weighted by Gasteiger charge is -2.19.